The van der Waals surface area contributed by atoms with E-state index in [1.807, 2.05) is 78.9 Å². The summed E-state index contributed by atoms with van der Waals surface area (Å²) in [6.45, 7) is 0.476. The zero-order chi connectivity index (χ0) is 21.2. The van der Waals surface area contributed by atoms with Crippen molar-refractivity contribution in [1.29, 1.82) is 0 Å². The standard InChI is InChI=1S/C24H16Cl2N4O/c25-19-7-1-16(2-8-19)15-31-21-11-5-17(6-12-21)22-13-14-27-24-28-23(29-30(22)24)18-3-9-20(26)10-4-18/h1-14H,15H2. The lowest BCUT2D eigenvalue weighted by Gasteiger charge is -2.08. The normalized spacial score (nSPS) is 11.0. The minimum atomic E-state index is 0.476. The fraction of sp³-hybridized carbons (Fsp3) is 0.0417. The predicted octanol–water partition coefficient (Wildman–Crippen LogP) is 6.34. The molecule has 3 aromatic carbocycles. The number of nitrogens with zero attached hydrogens (tertiary/aromatic N) is 4. The number of fused-ring (bicyclic) bond motifs is 1. The lowest BCUT2D eigenvalue weighted by Crippen LogP contribution is -1.97. The molecule has 0 N–H and O–H groups in total. The Morgan fingerprint density at radius 1 is 0.742 bits per heavy atom. The zero-order valence-electron chi connectivity index (χ0n) is 16.2. The van der Waals surface area contributed by atoms with Gasteiger partial charge in [0.1, 0.15) is 12.4 Å². The third-order valence-electron chi connectivity index (χ3n) is 4.81. The smallest absolute Gasteiger partial charge is 0.253 e. The highest BCUT2D eigenvalue weighted by Crippen LogP contribution is 2.25. The second-order valence-electron chi connectivity index (χ2n) is 6.92. The van der Waals surface area contributed by atoms with Crippen molar-refractivity contribution in [2.75, 3.05) is 0 Å². The van der Waals surface area contributed by atoms with Crippen LogP contribution in [0.15, 0.2) is 85.1 Å². The van der Waals surface area contributed by atoms with Crippen LogP contribution >= 0.6 is 23.2 Å². The molecule has 0 radical (unpaired) electrons. The van der Waals surface area contributed by atoms with Gasteiger partial charge in [-0.1, -0.05) is 35.3 Å². The summed E-state index contributed by atoms with van der Waals surface area (Å²) in [5.74, 6) is 1.91. The summed E-state index contributed by atoms with van der Waals surface area (Å²) in [6.07, 6.45) is 1.73. The van der Waals surface area contributed by atoms with Crippen LogP contribution in [0.3, 0.4) is 0 Å². The third kappa shape index (κ3) is 4.24. The van der Waals surface area contributed by atoms with E-state index >= 15 is 0 Å². The molecule has 0 saturated heterocycles. The first-order chi connectivity index (χ1) is 15.2. The zero-order valence-corrected chi connectivity index (χ0v) is 17.8. The predicted molar refractivity (Wildman–Crippen MR) is 122 cm³/mol. The van der Waals surface area contributed by atoms with Crippen LogP contribution in [-0.4, -0.2) is 19.6 Å². The number of halogens is 2. The molecule has 0 aliphatic heterocycles. The summed E-state index contributed by atoms with van der Waals surface area (Å²) < 4.78 is 7.62. The van der Waals surface area contributed by atoms with Crippen molar-refractivity contribution in [2.45, 2.75) is 6.61 Å². The van der Waals surface area contributed by atoms with Crippen LogP contribution in [0.5, 0.6) is 5.75 Å². The van der Waals surface area contributed by atoms with Crippen molar-refractivity contribution < 1.29 is 4.74 Å². The maximum absolute atomic E-state index is 5.99. The van der Waals surface area contributed by atoms with Crippen molar-refractivity contribution >= 4 is 29.0 Å². The SMILES string of the molecule is Clc1ccc(COc2ccc(-c3ccnc4nc(-c5ccc(Cl)cc5)nn34)cc2)cc1. The van der Waals surface area contributed by atoms with Gasteiger partial charge in [0.2, 0.25) is 0 Å². The molecule has 2 heterocycles. The summed E-state index contributed by atoms with van der Waals surface area (Å²) in [4.78, 5) is 8.90. The number of aromatic nitrogens is 4. The monoisotopic (exact) mass is 446 g/mol. The van der Waals surface area contributed by atoms with Crippen molar-refractivity contribution in [3.8, 4) is 28.4 Å². The Labute approximate surface area is 188 Å². The lowest BCUT2D eigenvalue weighted by atomic mass is 10.1. The Bertz CT molecular complexity index is 1330. The molecule has 152 valence electrons. The molecule has 5 rings (SSSR count). The van der Waals surface area contributed by atoms with Gasteiger partial charge < -0.3 is 4.74 Å². The molecule has 0 saturated carbocycles. The molecule has 7 heteroatoms. The van der Waals surface area contributed by atoms with E-state index in [0.29, 0.717) is 28.3 Å². The van der Waals surface area contributed by atoms with Gasteiger partial charge in [-0.3, -0.25) is 0 Å². The fourth-order valence-electron chi connectivity index (χ4n) is 3.20. The Morgan fingerprint density at radius 3 is 2.10 bits per heavy atom. The first kappa shape index (κ1) is 19.5. The molecule has 0 amide bonds. The first-order valence-corrected chi connectivity index (χ1v) is 10.4. The van der Waals surface area contributed by atoms with E-state index in [9.17, 15) is 0 Å². The van der Waals surface area contributed by atoms with Gasteiger partial charge in [-0.15, -0.1) is 5.10 Å². The number of benzene rings is 3. The fourth-order valence-corrected chi connectivity index (χ4v) is 3.46. The van der Waals surface area contributed by atoms with E-state index in [0.717, 1.165) is 28.1 Å². The summed E-state index contributed by atoms with van der Waals surface area (Å²) >= 11 is 11.9. The van der Waals surface area contributed by atoms with Gasteiger partial charge in [0.25, 0.3) is 5.78 Å². The summed E-state index contributed by atoms with van der Waals surface area (Å²) in [5.41, 5.74) is 3.81. The number of rotatable bonds is 5. The summed E-state index contributed by atoms with van der Waals surface area (Å²) in [5, 5.41) is 6.04. The summed E-state index contributed by atoms with van der Waals surface area (Å²) in [6, 6.07) is 24.8. The molecule has 5 nitrogen and oxygen atoms in total. The molecule has 0 aliphatic rings. The maximum atomic E-state index is 5.99. The van der Waals surface area contributed by atoms with E-state index in [-0.39, 0.29) is 0 Å². The van der Waals surface area contributed by atoms with Crippen molar-refractivity contribution in [3.05, 3.63) is 101 Å². The molecule has 0 spiro atoms. The maximum Gasteiger partial charge on any atom is 0.253 e. The van der Waals surface area contributed by atoms with Crippen LogP contribution in [0.4, 0.5) is 0 Å². The second-order valence-corrected chi connectivity index (χ2v) is 7.80. The van der Waals surface area contributed by atoms with Crippen LogP contribution < -0.4 is 4.74 Å². The number of hydrogen-bond donors (Lipinski definition) is 0. The molecule has 0 fully saturated rings. The highest BCUT2D eigenvalue weighted by atomic mass is 35.5. The minimum absolute atomic E-state index is 0.476. The quantitative estimate of drug-likeness (QED) is 0.315. The molecule has 0 bridgehead atoms. The molecule has 0 aliphatic carbocycles. The highest BCUT2D eigenvalue weighted by Gasteiger charge is 2.11. The van der Waals surface area contributed by atoms with Gasteiger partial charge in [0.05, 0.1) is 5.69 Å². The van der Waals surface area contributed by atoms with Gasteiger partial charge in [-0.05, 0) is 72.3 Å². The molecule has 31 heavy (non-hydrogen) atoms. The van der Waals surface area contributed by atoms with E-state index in [1.165, 1.54) is 0 Å². The highest BCUT2D eigenvalue weighted by molar-refractivity contribution is 6.30. The molecule has 0 unspecified atom stereocenters. The van der Waals surface area contributed by atoms with Crippen molar-refractivity contribution in [3.63, 3.8) is 0 Å². The average Bonchev–Trinajstić information content (AvgIpc) is 3.24. The topological polar surface area (TPSA) is 52.3 Å². The molecule has 5 aromatic rings. The van der Waals surface area contributed by atoms with Crippen LogP contribution in [0.2, 0.25) is 10.0 Å². The van der Waals surface area contributed by atoms with E-state index in [1.54, 1.807) is 10.7 Å². The van der Waals surface area contributed by atoms with Gasteiger partial charge in [-0.2, -0.15) is 9.50 Å². The van der Waals surface area contributed by atoms with Crippen LogP contribution in [0.1, 0.15) is 5.56 Å². The van der Waals surface area contributed by atoms with Crippen molar-refractivity contribution in [1.82, 2.24) is 19.6 Å². The average molecular weight is 447 g/mol. The van der Waals surface area contributed by atoms with E-state index in [4.69, 9.17) is 27.9 Å². The third-order valence-corrected chi connectivity index (χ3v) is 5.32. The van der Waals surface area contributed by atoms with Gasteiger partial charge in [0.15, 0.2) is 5.82 Å². The molecule has 0 atom stereocenters. The van der Waals surface area contributed by atoms with E-state index < -0.39 is 0 Å². The lowest BCUT2D eigenvalue weighted by molar-refractivity contribution is 0.306. The minimum Gasteiger partial charge on any atom is -0.489 e. The van der Waals surface area contributed by atoms with E-state index in [2.05, 4.69) is 15.1 Å². The largest absolute Gasteiger partial charge is 0.489 e. The Morgan fingerprint density at radius 2 is 1.39 bits per heavy atom. The van der Waals surface area contributed by atoms with Gasteiger partial charge >= 0.3 is 0 Å². The summed E-state index contributed by atoms with van der Waals surface area (Å²) in [7, 11) is 0. The van der Waals surface area contributed by atoms with Crippen LogP contribution in [0, 0.1) is 0 Å². The second kappa shape index (κ2) is 8.38. The molecular weight excluding hydrogens is 431 g/mol. The molecular formula is C24H16Cl2N4O. The van der Waals surface area contributed by atoms with Crippen LogP contribution in [-0.2, 0) is 6.61 Å². The molecule has 2 aromatic heterocycles. The Kier molecular flexibility index (Phi) is 5.28. The van der Waals surface area contributed by atoms with Crippen molar-refractivity contribution in [2.24, 2.45) is 0 Å². The number of ether oxygens (including phenoxy) is 1. The van der Waals surface area contributed by atoms with Gasteiger partial charge in [-0.25, -0.2) is 4.98 Å². The first-order valence-electron chi connectivity index (χ1n) is 9.61. The Balaban J connectivity index is 1.39. The Hall–Kier alpha value is -3.41. The number of hydrogen-bond acceptors (Lipinski definition) is 4. The van der Waals surface area contributed by atoms with Gasteiger partial charge in [0, 0.05) is 27.4 Å². The van der Waals surface area contributed by atoms with Crippen LogP contribution in [0.25, 0.3) is 28.4 Å².